The first-order valence-electron chi connectivity index (χ1n) is 7.14. The van der Waals surface area contributed by atoms with E-state index in [1.54, 1.807) is 6.07 Å². The van der Waals surface area contributed by atoms with Crippen LogP contribution in [0, 0.1) is 29.6 Å². The van der Waals surface area contributed by atoms with Gasteiger partial charge >= 0.3 is 0 Å². The Balaban J connectivity index is 2.19. The molecule has 2 aromatic rings. The van der Waals surface area contributed by atoms with Crippen molar-refractivity contribution in [3.63, 3.8) is 0 Å². The molecule has 0 fully saturated rings. The molecule has 0 amide bonds. The normalized spacial score (nSPS) is 16.1. The Morgan fingerprint density at radius 3 is 2.05 bits per heavy atom. The van der Waals surface area contributed by atoms with Crippen LogP contribution in [0.4, 0.5) is 17.1 Å². The van der Waals surface area contributed by atoms with E-state index in [4.69, 9.17) is 0 Å². The van der Waals surface area contributed by atoms with Crippen LogP contribution in [-0.4, -0.2) is 13.2 Å². The molecule has 1 aliphatic rings. The Labute approximate surface area is 130 Å². The number of fused-ring (bicyclic) bond motifs is 1. The number of nitriles is 2. The van der Waals surface area contributed by atoms with Gasteiger partial charge < -0.3 is 9.80 Å². The summed E-state index contributed by atoms with van der Waals surface area (Å²) in [7, 11) is 2.00. The smallest absolute Gasteiger partial charge is 0.103 e. The number of hydrogen-bond acceptors (Lipinski definition) is 4. The van der Waals surface area contributed by atoms with Gasteiger partial charge in [0.2, 0.25) is 0 Å². The molecule has 0 saturated carbocycles. The van der Waals surface area contributed by atoms with Crippen molar-refractivity contribution in [1.29, 1.82) is 10.5 Å². The lowest BCUT2D eigenvalue weighted by Crippen LogP contribution is -2.35. The fraction of sp³-hybridized carbons (Fsp3) is 0.222. The van der Waals surface area contributed by atoms with Crippen LogP contribution >= 0.6 is 0 Å². The van der Waals surface area contributed by atoms with E-state index in [0.717, 1.165) is 17.1 Å². The molecule has 1 heterocycles. The molecular weight excluding hydrogens is 272 g/mol. The van der Waals surface area contributed by atoms with E-state index >= 15 is 0 Å². The van der Waals surface area contributed by atoms with Crippen molar-refractivity contribution in [3.8, 4) is 12.1 Å². The molecule has 4 nitrogen and oxygen atoms in total. The van der Waals surface area contributed by atoms with Crippen LogP contribution in [0.3, 0.4) is 0 Å². The van der Waals surface area contributed by atoms with Gasteiger partial charge in [0.1, 0.15) is 18.3 Å². The SMILES string of the molecule is Cc1ccc(N2c3cc(C#N)c(C#N)cc3N(C)[C@@H]2C)cc1. The minimum atomic E-state index is 0.123. The summed E-state index contributed by atoms with van der Waals surface area (Å²) in [5.41, 5.74) is 5.07. The van der Waals surface area contributed by atoms with Crippen molar-refractivity contribution in [1.82, 2.24) is 0 Å². The summed E-state index contributed by atoms with van der Waals surface area (Å²) in [6, 6.07) is 16.2. The van der Waals surface area contributed by atoms with E-state index in [0.29, 0.717) is 11.1 Å². The molecule has 0 aliphatic carbocycles. The zero-order valence-corrected chi connectivity index (χ0v) is 12.8. The number of anilines is 3. The molecule has 0 spiro atoms. The van der Waals surface area contributed by atoms with Crippen LogP contribution in [0.25, 0.3) is 0 Å². The van der Waals surface area contributed by atoms with Crippen LogP contribution in [0.2, 0.25) is 0 Å². The zero-order chi connectivity index (χ0) is 15.9. The summed E-state index contributed by atoms with van der Waals surface area (Å²) >= 11 is 0. The highest BCUT2D eigenvalue weighted by atomic mass is 15.4. The van der Waals surface area contributed by atoms with E-state index in [9.17, 15) is 10.5 Å². The van der Waals surface area contributed by atoms with Gasteiger partial charge in [-0.05, 0) is 38.1 Å². The maximum Gasteiger partial charge on any atom is 0.103 e. The number of nitrogens with zero attached hydrogens (tertiary/aromatic N) is 4. The standard InChI is InChI=1S/C18H16N4/c1-12-4-6-16(7-5-12)22-13(2)21(3)17-8-14(10-19)15(11-20)9-18(17)22/h4-9,13H,1-3H3/t13-/m0/s1. The van der Waals surface area contributed by atoms with Gasteiger partial charge in [-0.1, -0.05) is 17.7 Å². The summed E-state index contributed by atoms with van der Waals surface area (Å²) in [6.45, 7) is 4.17. The van der Waals surface area contributed by atoms with Crippen molar-refractivity contribution < 1.29 is 0 Å². The maximum absolute atomic E-state index is 9.27. The van der Waals surface area contributed by atoms with E-state index in [1.165, 1.54) is 5.56 Å². The number of rotatable bonds is 1. The second kappa shape index (κ2) is 5.09. The van der Waals surface area contributed by atoms with Crippen LogP contribution in [-0.2, 0) is 0 Å². The highest BCUT2D eigenvalue weighted by Crippen LogP contribution is 2.44. The topological polar surface area (TPSA) is 54.1 Å². The highest BCUT2D eigenvalue weighted by Gasteiger charge is 2.32. The van der Waals surface area contributed by atoms with Crippen molar-refractivity contribution in [3.05, 3.63) is 53.1 Å². The molecule has 3 rings (SSSR count). The summed E-state index contributed by atoms with van der Waals surface area (Å²) in [4.78, 5) is 4.31. The fourth-order valence-electron chi connectivity index (χ4n) is 2.87. The monoisotopic (exact) mass is 288 g/mol. The predicted molar refractivity (Wildman–Crippen MR) is 87.1 cm³/mol. The first-order chi connectivity index (χ1) is 10.6. The predicted octanol–water partition coefficient (Wildman–Crippen LogP) is 3.67. The molecule has 0 radical (unpaired) electrons. The number of benzene rings is 2. The van der Waals surface area contributed by atoms with Crippen LogP contribution in [0.5, 0.6) is 0 Å². The molecule has 0 unspecified atom stereocenters. The Morgan fingerprint density at radius 2 is 1.50 bits per heavy atom. The summed E-state index contributed by atoms with van der Waals surface area (Å²) < 4.78 is 0. The van der Waals surface area contributed by atoms with E-state index in [-0.39, 0.29) is 6.17 Å². The van der Waals surface area contributed by atoms with Gasteiger partial charge in [-0.3, -0.25) is 0 Å². The van der Waals surface area contributed by atoms with Gasteiger partial charge in [0.15, 0.2) is 0 Å². The molecule has 0 saturated heterocycles. The third kappa shape index (κ3) is 1.98. The fourth-order valence-corrected chi connectivity index (χ4v) is 2.87. The molecule has 0 N–H and O–H groups in total. The lowest BCUT2D eigenvalue weighted by atomic mass is 10.1. The molecule has 0 aromatic heterocycles. The van der Waals surface area contributed by atoms with E-state index in [2.05, 4.69) is 60.1 Å². The van der Waals surface area contributed by atoms with Crippen molar-refractivity contribution in [2.45, 2.75) is 20.0 Å². The van der Waals surface area contributed by atoms with Crippen molar-refractivity contribution >= 4 is 17.1 Å². The van der Waals surface area contributed by atoms with Crippen molar-refractivity contribution in [2.24, 2.45) is 0 Å². The van der Waals surface area contributed by atoms with Gasteiger partial charge in [0, 0.05) is 12.7 Å². The average Bonchev–Trinajstić information content (AvgIpc) is 2.78. The first kappa shape index (κ1) is 14.0. The zero-order valence-electron chi connectivity index (χ0n) is 12.8. The van der Waals surface area contributed by atoms with Gasteiger partial charge in [-0.2, -0.15) is 10.5 Å². The lowest BCUT2D eigenvalue weighted by Gasteiger charge is -2.27. The minimum Gasteiger partial charge on any atom is -0.352 e. The summed E-state index contributed by atoms with van der Waals surface area (Å²) in [6.07, 6.45) is 0.123. The van der Waals surface area contributed by atoms with Gasteiger partial charge in [0.05, 0.1) is 22.5 Å². The second-order valence-corrected chi connectivity index (χ2v) is 5.56. The van der Waals surface area contributed by atoms with Crippen LogP contribution in [0.15, 0.2) is 36.4 Å². The third-order valence-corrected chi connectivity index (χ3v) is 4.24. The van der Waals surface area contributed by atoms with Crippen LogP contribution in [0.1, 0.15) is 23.6 Å². The second-order valence-electron chi connectivity index (χ2n) is 5.56. The Morgan fingerprint density at radius 1 is 0.955 bits per heavy atom. The molecule has 108 valence electrons. The summed E-state index contributed by atoms with van der Waals surface area (Å²) in [5.74, 6) is 0. The molecule has 1 atom stereocenters. The van der Waals surface area contributed by atoms with Gasteiger partial charge in [0.25, 0.3) is 0 Å². The van der Waals surface area contributed by atoms with E-state index in [1.807, 2.05) is 13.1 Å². The van der Waals surface area contributed by atoms with Gasteiger partial charge in [-0.15, -0.1) is 0 Å². The molecule has 22 heavy (non-hydrogen) atoms. The van der Waals surface area contributed by atoms with Gasteiger partial charge in [-0.25, -0.2) is 0 Å². The Bertz CT molecular complexity index is 809. The minimum absolute atomic E-state index is 0.123. The first-order valence-corrected chi connectivity index (χ1v) is 7.14. The summed E-state index contributed by atoms with van der Waals surface area (Å²) in [5, 5.41) is 18.5. The Hall–Kier alpha value is -2.98. The number of aryl methyl sites for hydroxylation is 1. The molecule has 0 bridgehead atoms. The van der Waals surface area contributed by atoms with Crippen LogP contribution < -0.4 is 9.80 Å². The molecular formula is C18H16N4. The highest BCUT2D eigenvalue weighted by molar-refractivity contribution is 5.85. The molecule has 4 heteroatoms. The van der Waals surface area contributed by atoms with Crippen molar-refractivity contribution in [2.75, 3.05) is 16.8 Å². The molecule has 2 aromatic carbocycles. The quantitative estimate of drug-likeness (QED) is 0.803. The largest absolute Gasteiger partial charge is 0.352 e. The maximum atomic E-state index is 9.27. The van der Waals surface area contributed by atoms with E-state index < -0.39 is 0 Å². The Kier molecular flexibility index (Phi) is 3.23. The number of hydrogen-bond donors (Lipinski definition) is 0. The average molecular weight is 288 g/mol. The third-order valence-electron chi connectivity index (χ3n) is 4.24. The molecule has 1 aliphatic heterocycles. The lowest BCUT2D eigenvalue weighted by molar-refractivity contribution is 0.734.